The molecule has 0 fully saturated rings. The monoisotopic (exact) mass is 410 g/mol. The number of Topliss-reactive ketones (excluding diaryl/α,β-unsaturated/α-hetero) is 1. The number of fused-ring (bicyclic) bond motifs is 1. The minimum Gasteiger partial charge on any atom is -0.452 e. The molecular weight excluding hydrogens is 399 g/mol. The first-order chi connectivity index (χ1) is 13.5. The SMILES string of the molecule is O=C(Oc1ccc2c(c1)OC(=Cc1c(Cl)cccc1Cl)C2=O)c1ccccc1. The Morgan fingerprint density at radius 2 is 1.64 bits per heavy atom. The molecular formula is C22H12Cl2O4. The first kappa shape index (κ1) is 18.3. The highest BCUT2D eigenvalue weighted by atomic mass is 35.5. The van der Waals surface area contributed by atoms with E-state index >= 15 is 0 Å². The quantitative estimate of drug-likeness (QED) is 0.309. The third-order valence-corrected chi connectivity index (χ3v) is 4.80. The van der Waals surface area contributed by atoms with Crippen molar-refractivity contribution >= 4 is 41.0 Å². The molecule has 0 amide bonds. The lowest BCUT2D eigenvalue weighted by Gasteiger charge is -2.05. The van der Waals surface area contributed by atoms with Crippen LogP contribution in [0.1, 0.15) is 26.3 Å². The topological polar surface area (TPSA) is 52.6 Å². The number of rotatable bonds is 3. The fourth-order valence-electron chi connectivity index (χ4n) is 2.75. The predicted molar refractivity (Wildman–Crippen MR) is 107 cm³/mol. The van der Waals surface area contributed by atoms with Gasteiger partial charge in [-0.05, 0) is 42.5 Å². The van der Waals surface area contributed by atoms with Gasteiger partial charge in [0.1, 0.15) is 11.5 Å². The molecule has 4 rings (SSSR count). The van der Waals surface area contributed by atoms with Crippen LogP contribution in [0.2, 0.25) is 10.0 Å². The summed E-state index contributed by atoms with van der Waals surface area (Å²) in [6, 6.07) is 18.3. The maximum absolute atomic E-state index is 12.6. The van der Waals surface area contributed by atoms with Crippen molar-refractivity contribution in [2.75, 3.05) is 0 Å². The third kappa shape index (κ3) is 3.52. The summed E-state index contributed by atoms with van der Waals surface area (Å²) in [5, 5.41) is 0.815. The van der Waals surface area contributed by atoms with E-state index in [9.17, 15) is 9.59 Å². The van der Waals surface area contributed by atoms with Gasteiger partial charge in [0.2, 0.25) is 5.78 Å². The van der Waals surface area contributed by atoms with E-state index in [0.29, 0.717) is 32.5 Å². The molecule has 1 aliphatic rings. The average molecular weight is 411 g/mol. The maximum atomic E-state index is 12.6. The zero-order valence-corrected chi connectivity index (χ0v) is 15.8. The van der Waals surface area contributed by atoms with E-state index in [-0.39, 0.29) is 17.3 Å². The minimum absolute atomic E-state index is 0.0940. The van der Waals surface area contributed by atoms with Crippen LogP contribution in [0.4, 0.5) is 0 Å². The van der Waals surface area contributed by atoms with Crippen molar-refractivity contribution in [3.8, 4) is 11.5 Å². The Labute approximate surface area is 170 Å². The number of carbonyl (C=O) groups excluding carboxylic acids is 2. The molecule has 138 valence electrons. The van der Waals surface area contributed by atoms with Crippen molar-refractivity contribution < 1.29 is 19.1 Å². The number of hydrogen-bond donors (Lipinski definition) is 0. The molecule has 0 unspecified atom stereocenters. The van der Waals surface area contributed by atoms with Crippen LogP contribution in [-0.4, -0.2) is 11.8 Å². The van der Waals surface area contributed by atoms with Crippen LogP contribution in [0.15, 0.2) is 72.5 Å². The minimum atomic E-state index is -0.497. The Morgan fingerprint density at radius 3 is 2.36 bits per heavy atom. The van der Waals surface area contributed by atoms with Gasteiger partial charge >= 0.3 is 5.97 Å². The van der Waals surface area contributed by atoms with Crippen LogP contribution in [0.5, 0.6) is 11.5 Å². The number of halogens is 2. The van der Waals surface area contributed by atoms with Gasteiger partial charge in [0.15, 0.2) is 5.76 Å². The second kappa shape index (κ2) is 7.50. The van der Waals surface area contributed by atoms with Crippen LogP contribution in [-0.2, 0) is 0 Å². The van der Waals surface area contributed by atoms with Crippen molar-refractivity contribution in [1.82, 2.24) is 0 Å². The molecule has 3 aromatic rings. The summed E-state index contributed by atoms with van der Waals surface area (Å²) in [5.41, 5.74) is 1.29. The predicted octanol–water partition coefficient (Wildman–Crippen LogP) is 5.83. The van der Waals surface area contributed by atoms with E-state index in [1.165, 1.54) is 12.1 Å². The molecule has 0 atom stereocenters. The normalized spacial score (nSPS) is 13.9. The number of ether oxygens (including phenoxy) is 2. The number of ketones is 1. The zero-order chi connectivity index (χ0) is 19.7. The summed E-state index contributed by atoms with van der Waals surface area (Å²) < 4.78 is 11.0. The Balaban J connectivity index is 1.60. The van der Waals surface area contributed by atoms with E-state index < -0.39 is 5.97 Å². The highest BCUT2D eigenvalue weighted by Gasteiger charge is 2.28. The lowest BCUT2D eigenvalue weighted by molar-refractivity contribution is 0.0734. The number of benzene rings is 3. The van der Waals surface area contributed by atoms with E-state index in [0.717, 1.165) is 0 Å². The number of esters is 1. The first-order valence-electron chi connectivity index (χ1n) is 8.32. The molecule has 1 heterocycles. The second-order valence-electron chi connectivity index (χ2n) is 5.99. The molecule has 28 heavy (non-hydrogen) atoms. The lowest BCUT2D eigenvalue weighted by atomic mass is 10.1. The number of allylic oxidation sites excluding steroid dienone is 1. The van der Waals surface area contributed by atoms with Gasteiger partial charge in [-0.1, -0.05) is 47.5 Å². The molecule has 4 nitrogen and oxygen atoms in total. The smallest absolute Gasteiger partial charge is 0.343 e. The highest BCUT2D eigenvalue weighted by Crippen LogP contribution is 2.36. The summed E-state index contributed by atoms with van der Waals surface area (Å²) in [4.78, 5) is 24.8. The van der Waals surface area contributed by atoms with Gasteiger partial charge in [0.25, 0.3) is 0 Å². The van der Waals surface area contributed by atoms with Crippen molar-refractivity contribution in [3.05, 3.63) is 99.2 Å². The Kier molecular flexibility index (Phi) is 4.90. The van der Waals surface area contributed by atoms with Crippen molar-refractivity contribution in [2.24, 2.45) is 0 Å². The van der Waals surface area contributed by atoms with Crippen LogP contribution in [0.3, 0.4) is 0 Å². The lowest BCUT2D eigenvalue weighted by Crippen LogP contribution is -2.08. The van der Waals surface area contributed by atoms with Gasteiger partial charge in [-0.25, -0.2) is 4.79 Å². The fourth-order valence-corrected chi connectivity index (χ4v) is 3.26. The summed E-state index contributed by atoms with van der Waals surface area (Å²) >= 11 is 12.3. The van der Waals surface area contributed by atoms with E-state index in [1.54, 1.807) is 54.6 Å². The van der Waals surface area contributed by atoms with E-state index in [1.807, 2.05) is 6.07 Å². The summed E-state index contributed by atoms with van der Waals surface area (Å²) in [7, 11) is 0. The molecule has 0 bridgehead atoms. The van der Waals surface area contributed by atoms with Gasteiger partial charge in [-0.2, -0.15) is 0 Å². The molecule has 0 saturated heterocycles. The zero-order valence-electron chi connectivity index (χ0n) is 14.3. The number of hydrogen-bond acceptors (Lipinski definition) is 4. The van der Waals surface area contributed by atoms with Crippen LogP contribution in [0, 0.1) is 0 Å². The fraction of sp³-hybridized carbons (Fsp3) is 0. The van der Waals surface area contributed by atoms with Gasteiger partial charge in [-0.15, -0.1) is 0 Å². The van der Waals surface area contributed by atoms with Crippen molar-refractivity contribution in [1.29, 1.82) is 0 Å². The van der Waals surface area contributed by atoms with E-state index in [2.05, 4.69) is 0 Å². The van der Waals surface area contributed by atoms with E-state index in [4.69, 9.17) is 32.7 Å². The maximum Gasteiger partial charge on any atom is 0.343 e. The van der Waals surface area contributed by atoms with Gasteiger partial charge in [-0.3, -0.25) is 4.79 Å². The molecule has 0 aromatic heterocycles. The standard InChI is InChI=1S/C22H12Cl2O4/c23-17-7-4-8-18(24)16(17)12-20-21(25)15-10-9-14(11-19(15)28-20)27-22(26)13-5-2-1-3-6-13/h1-12H. The molecule has 6 heteroatoms. The summed E-state index contributed by atoms with van der Waals surface area (Å²) in [5.74, 6) is -0.123. The van der Waals surface area contributed by atoms with Crippen LogP contribution >= 0.6 is 23.2 Å². The average Bonchev–Trinajstić information content (AvgIpc) is 3.00. The first-order valence-corrected chi connectivity index (χ1v) is 9.08. The number of carbonyl (C=O) groups is 2. The molecule has 0 N–H and O–H groups in total. The largest absolute Gasteiger partial charge is 0.452 e. The van der Waals surface area contributed by atoms with Crippen LogP contribution in [0.25, 0.3) is 6.08 Å². The van der Waals surface area contributed by atoms with Gasteiger partial charge in [0.05, 0.1) is 11.1 Å². The molecule has 0 aliphatic carbocycles. The Hall–Kier alpha value is -3.08. The molecule has 0 spiro atoms. The highest BCUT2D eigenvalue weighted by molar-refractivity contribution is 6.37. The van der Waals surface area contributed by atoms with Crippen molar-refractivity contribution in [2.45, 2.75) is 0 Å². The second-order valence-corrected chi connectivity index (χ2v) is 6.80. The Bertz CT molecular complexity index is 1100. The summed E-state index contributed by atoms with van der Waals surface area (Å²) in [6.07, 6.45) is 1.50. The molecule has 1 aliphatic heterocycles. The van der Waals surface area contributed by atoms with Gasteiger partial charge in [0, 0.05) is 21.7 Å². The molecule has 0 radical (unpaired) electrons. The molecule has 3 aromatic carbocycles. The third-order valence-electron chi connectivity index (χ3n) is 4.14. The van der Waals surface area contributed by atoms with Crippen LogP contribution < -0.4 is 9.47 Å². The van der Waals surface area contributed by atoms with Gasteiger partial charge < -0.3 is 9.47 Å². The van der Waals surface area contributed by atoms with Crippen molar-refractivity contribution in [3.63, 3.8) is 0 Å². The Morgan fingerprint density at radius 1 is 0.929 bits per heavy atom. The summed E-state index contributed by atoms with van der Waals surface area (Å²) in [6.45, 7) is 0. The molecule has 0 saturated carbocycles.